The lowest BCUT2D eigenvalue weighted by atomic mass is 10.1. The third kappa shape index (κ3) is 7.20. The minimum absolute atomic E-state index is 0.333. The molecule has 100 valence electrons. The van der Waals surface area contributed by atoms with Crippen LogP contribution in [-0.2, 0) is 4.74 Å². The first-order valence-electron chi connectivity index (χ1n) is 6.14. The number of carbonyl (C=O) groups excluding carboxylic acids is 1. The number of para-hydroxylation sites is 1. The van der Waals surface area contributed by atoms with Crippen molar-refractivity contribution in [2.24, 2.45) is 0 Å². The van der Waals surface area contributed by atoms with Crippen LogP contribution in [0.1, 0.15) is 40.2 Å². The quantitative estimate of drug-likeness (QED) is 0.334. The monoisotopic (exact) mass is 258 g/mol. The van der Waals surface area contributed by atoms with Gasteiger partial charge >= 0.3 is 6.16 Å². The van der Waals surface area contributed by atoms with Gasteiger partial charge in [0.05, 0.1) is 5.56 Å². The second kappa shape index (κ2) is 8.26. The Bertz CT molecular complexity index is 464. The van der Waals surface area contributed by atoms with Crippen LogP contribution in [0.25, 0.3) is 0 Å². The Labute approximate surface area is 116 Å². The molecule has 0 bridgehead atoms. The molecule has 2 radical (unpaired) electrons. The summed E-state index contributed by atoms with van der Waals surface area (Å²) in [6.07, 6.45) is -0.760. The summed E-state index contributed by atoms with van der Waals surface area (Å²) >= 11 is 0. The Morgan fingerprint density at radius 3 is 2.32 bits per heavy atom. The minimum Gasteiger partial charge on any atom is -0.428 e. The molecule has 0 amide bonds. The third-order valence-corrected chi connectivity index (χ3v) is 1.68. The fourth-order valence-corrected chi connectivity index (χ4v) is 1.10. The maximum absolute atomic E-state index is 11.5. The smallest absolute Gasteiger partial charge is 0.428 e. The zero-order valence-electron chi connectivity index (χ0n) is 12.1. The predicted octanol–water partition coefficient (Wildman–Crippen LogP) is 3.50. The minimum atomic E-state index is -0.760. The molecule has 1 aromatic carbocycles. The van der Waals surface area contributed by atoms with Crippen LogP contribution in [0, 0.1) is 11.7 Å². The van der Waals surface area contributed by atoms with Gasteiger partial charge in [0.25, 0.3) is 0 Å². The van der Waals surface area contributed by atoms with Gasteiger partial charge in [-0.2, -0.15) is 5.82 Å². The zero-order chi connectivity index (χ0) is 14.9. The zero-order valence-corrected chi connectivity index (χ0v) is 12.1. The molecule has 0 aromatic heterocycles. The van der Waals surface area contributed by atoms with Crippen LogP contribution in [0.4, 0.5) is 4.79 Å². The molecule has 0 heterocycles. The standard InChI is InChI=1S/C13H13BO3.C2H6/c1-13(2,3)17-12(15)16-11-7-5-4-6-10(11)8-9-14;1-2/h4-7H,1-3H3;1-2H3. The Kier molecular flexibility index (Phi) is 7.44. The maximum Gasteiger partial charge on any atom is 0.514 e. The highest BCUT2D eigenvalue weighted by Crippen LogP contribution is 2.18. The van der Waals surface area contributed by atoms with E-state index < -0.39 is 11.8 Å². The lowest BCUT2D eigenvalue weighted by Crippen LogP contribution is -2.26. The van der Waals surface area contributed by atoms with Gasteiger partial charge in [0, 0.05) is 0 Å². The fraction of sp³-hybridized carbons (Fsp3) is 0.400. The molecule has 0 spiro atoms. The first-order chi connectivity index (χ1) is 8.92. The summed E-state index contributed by atoms with van der Waals surface area (Å²) in [5.74, 6) is 5.24. The maximum atomic E-state index is 11.5. The van der Waals surface area contributed by atoms with Crippen LogP contribution >= 0.6 is 0 Å². The van der Waals surface area contributed by atoms with Crippen molar-refractivity contribution in [1.82, 2.24) is 0 Å². The van der Waals surface area contributed by atoms with E-state index in [1.807, 2.05) is 13.8 Å². The van der Waals surface area contributed by atoms with Gasteiger partial charge in [0.2, 0.25) is 0 Å². The molecule has 0 aliphatic rings. The Morgan fingerprint density at radius 2 is 1.79 bits per heavy atom. The van der Waals surface area contributed by atoms with E-state index in [0.717, 1.165) is 0 Å². The van der Waals surface area contributed by atoms with E-state index >= 15 is 0 Å². The topological polar surface area (TPSA) is 35.5 Å². The number of ether oxygens (including phenoxy) is 2. The van der Waals surface area contributed by atoms with Crippen molar-refractivity contribution in [1.29, 1.82) is 0 Å². The molecule has 1 rings (SSSR count). The molecular weight excluding hydrogens is 239 g/mol. The van der Waals surface area contributed by atoms with Crippen molar-refractivity contribution in [2.45, 2.75) is 40.2 Å². The van der Waals surface area contributed by atoms with E-state index in [-0.39, 0.29) is 0 Å². The molecule has 0 aliphatic heterocycles. The van der Waals surface area contributed by atoms with Gasteiger partial charge in [-0.05, 0) is 32.9 Å². The summed E-state index contributed by atoms with van der Waals surface area (Å²) < 4.78 is 10.1. The average Bonchev–Trinajstić information content (AvgIpc) is 2.32. The fourth-order valence-electron chi connectivity index (χ4n) is 1.10. The highest BCUT2D eigenvalue weighted by molar-refractivity contribution is 6.22. The Hall–Kier alpha value is -1.89. The number of benzene rings is 1. The van der Waals surface area contributed by atoms with Crippen molar-refractivity contribution in [3.8, 4) is 17.5 Å². The van der Waals surface area contributed by atoms with E-state index in [4.69, 9.17) is 17.3 Å². The molecule has 0 atom stereocenters. The number of rotatable bonds is 1. The van der Waals surface area contributed by atoms with Crippen molar-refractivity contribution in [2.75, 3.05) is 0 Å². The number of hydrogen-bond acceptors (Lipinski definition) is 3. The van der Waals surface area contributed by atoms with Crippen molar-refractivity contribution < 1.29 is 14.3 Å². The highest BCUT2D eigenvalue weighted by atomic mass is 16.7. The van der Waals surface area contributed by atoms with Crippen molar-refractivity contribution in [3.05, 3.63) is 29.8 Å². The molecule has 0 N–H and O–H groups in total. The van der Waals surface area contributed by atoms with Crippen LogP contribution < -0.4 is 4.74 Å². The normalized spacial score (nSPS) is 9.32. The van der Waals surface area contributed by atoms with Gasteiger partial charge in [0.1, 0.15) is 11.4 Å². The van der Waals surface area contributed by atoms with Crippen LogP contribution in [0.3, 0.4) is 0 Å². The van der Waals surface area contributed by atoms with Crippen LogP contribution in [0.2, 0.25) is 0 Å². The SMILES string of the molecule is CC.[B]C#Cc1ccccc1OC(=O)OC(C)(C)C. The van der Waals surface area contributed by atoms with E-state index in [1.54, 1.807) is 45.0 Å². The highest BCUT2D eigenvalue weighted by Gasteiger charge is 2.18. The molecular formula is C15H19BO3. The molecule has 0 saturated carbocycles. The van der Waals surface area contributed by atoms with Gasteiger partial charge in [-0.15, -0.1) is 0 Å². The van der Waals surface area contributed by atoms with Gasteiger partial charge < -0.3 is 9.47 Å². The van der Waals surface area contributed by atoms with E-state index in [9.17, 15) is 4.79 Å². The van der Waals surface area contributed by atoms with Gasteiger partial charge in [0.15, 0.2) is 7.85 Å². The largest absolute Gasteiger partial charge is 0.514 e. The summed E-state index contributed by atoms with van der Waals surface area (Å²) in [7, 11) is 5.13. The second-order valence-electron chi connectivity index (χ2n) is 4.33. The number of hydrogen-bond donors (Lipinski definition) is 0. The predicted molar refractivity (Wildman–Crippen MR) is 77.3 cm³/mol. The summed E-state index contributed by atoms with van der Waals surface area (Å²) in [5, 5.41) is 0. The summed E-state index contributed by atoms with van der Waals surface area (Å²) in [5.41, 5.74) is -0.0492. The first kappa shape index (κ1) is 17.1. The lowest BCUT2D eigenvalue weighted by molar-refractivity contribution is 0.0205. The van der Waals surface area contributed by atoms with Crippen LogP contribution in [0.15, 0.2) is 24.3 Å². The third-order valence-electron chi connectivity index (χ3n) is 1.68. The molecule has 0 aliphatic carbocycles. The molecule has 4 heteroatoms. The van der Waals surface area contributed by atoms with Gasteiger partial charge in [-0.25, -0.2) is 4.79 Å². The van der Waals surface area contributed by atoms with Crippen LogP contribution in [-0.4, -0.2) is 19.6 Å². The van der Waals surface area contributed by atoms with E-state index in [2.05, 4.69) is 11.7 Å². The van der Waals surface area contributed by atoms with E-state index in [0.29, 0.717) is 11.3 Å². The first-order valence-corrected chi connectivity index (χ1v) is 6.14. The molecule has 3 nitrogen and oxygen atoms in total. The van der Waals surface area contributed by atoms with Gasteiger partial charge in [-0.1, -0.05) is 31.9 Å². The summed E-state index contributed by atoms with van der Waals surface area (Å²) in [6.45, 7) is 9.29. The van der Waals surface area contributed by atoms with E-state index in [1.165, 1.54) is 0 Å². The number of carbonyl (C=O) groups is 1. The Morgan fingerprint density at radius 1 is 1.21 bits per heavy atom. The second-order valence-corrected chi connectivity index (χ2v) is 4.33. The molecule has 0 fully saturated rings. The average molecular weight is 258 g/mol. The molecule has 0 saturated heterocycles. The Balaban J connectivity index is 0.00000154. The van der Waals surface area contributed by atoms with Crippen LogP contribution in [0.5, 0.6) is 5.75 Å². The van der Waals surface area contributed by atoms with Crippen molar-refractivity contribution in [3.63, 3.8) is 0 Å². The molecule has 0 unspecified atom stereocenters. The van der Waals surface area contributed by atoms with Crippen molar-refractivity contribution >= 4 is 14.0 Å². The molecule has 1 aromatic rings. The van der Waals surface area contributed by atoms with Gasteiger partial charge in [-0.3, -0.25) is 0 Å². The molecule has 19 heavy (non-hydrogen) atoms. The summed E-state index contributed by atoms with van der Waals surface area (Å²) in [4.78, 5) is 11.5. The summed E-state index contributed by atoms with van der Waals surface area (Å²) in [6, 6.07) is 6.85. The lowest BCUT2D eigenvalue weighted by Gasteiger charge is -2.18.